The molecule has 2 aromatic carbocycles. The van der Waals surface area contributed by atoms with Crippen molar-refractivity contribution in [1.82, 2.24) is 15.0 Å². The Labute approximate surface area is 125 Å². The van der Waals surface area contributed by atoms with Gasteiger partial charge in [-0.25, -0.2) is 9.97 Å². The number of hydrogen-bond acceptors (Lipinski definition) is 4. The molecule has 0 aliphatic rings. The van der Waals surface area contributed by atoms with Crippen LogP contribution >= 0.6 is 0 Å². The molecule has 4 aromatic rings. The van der Waals surface area contributed by atoms with Crippen molar-refractivity contribution >= 4 is 28.1 Å². The third-order valence-electron chi connectivity index (χ3n) is 3.54. The molecule has 22 heavy (non-hydrogen) atoms. The second kappa shape index (κ2) is 4.96. The fourth-order valence-electron chi connectivity index (χ4n) is 2.49. The normalized spacial score (nSPS) is 10.9. The molecule has 5 nitrogen and oxygen atoms in total. The second-order valence-electron chi connectivity index (χ2n) is 4.87. The minimum Gasteiger partial charge on any atom is -0.438 e. The van der Waals surface area contributed by atoms with E-state index < -0.39 is 0 Å². The number of ether oxygens (including phenoxy) is 1. The van der Waals surface area contributed by atoms with Gasteiger partial charge >= 0.3 is 0 Å². The molecule has 0 unspecified atom stereocenters. The lowest BCUT2D eigenvalue weighted by Crippen LogP contribution is -1.91. The van der Waals surface area contributed by atoms with Gasteiger partial charge in [0.05, 0.1) is 5.39 Å². The van der Waals surface area contributed by atoms with Crippen LogP contribution in [0.4, 0.5) is 0 Å². The molecule has 0 radical (unpaired) electrons. The van der Waals surface area contributed by atoms with Gasteiger partial charge < -0.3 is 9.72 Å². The third kappa shape index (κ3) is 2.00. The third-order valence-corrected chi connectivity index (χ3v) is 3.54. The summed E-state index contributed by atoms with van der Waals surface area (Å²) in [5.41, 5.74) is 1.40. The van der Waals surface area contributed by atoms with Crippen LogP contribution in [0.15, 0.2) is 55.0 Å². The van der Waals surface area contributed by atoms with Crippen molar-refractivity contribution in [3.8, 4) is 11.6 Å². The highest BCUT2D eigenvalue weighted by Crippen LogP contribution is 2.29. The number of carbonyl (C=O) groups is 1. The molecule has 0 amide bonds. The maximum Gasteiger partial charge on any atom is 0.231 e. The summed E-state index contributed by atoms with van der Waals surface area (Å²) in [5, 5.41) is 2.67. The fraction of sp³-hybridized carbons (Fsp3) is 0. The van der Waals surface area contributed by atoms with Crippen molar-refractivity contribution in [3.63, 3.8) is 0 Å². The lowest BCUT2D eigenvalue weighted by atomic mass is 10.1. The topological polar surface area (TPSA) is 67.9 Å². The van der Waals surface area contributed by atoms with E-state index in [4.69, 9.17) is 4.74 Å². The van der Waals surface area contributed by atoms with Crippen LogP contribution in [-0.4, -0.2) is 21.2 Å². The van der Waals surface area contributed by atoms with Crippen LogP contribution in [0.25, 0.3) is 21.8 Å². The van der Waals surface area contributed by atoms with E-state index in [1.807, 2.05) is 36.4 Å². The molecule has 1 N–H and O–H groups in total. The van der Waals surface area contributed by atoms with Crippen LogP contribution < -0.4 is 4.74 Å². The Balaban J connectivity index is 1.79. The molecule has 0 fully saturated rings. The van der Waals surface area contributed by atoms with Gasteiger partial charge in [0.15, 0.2) is 6.29 Å². The van der Waals surface area contributed by atoms with Crippen LogP contribution in [0.3, 0.4) is 0 Å². The van der Waals surface area contributed by atoms with Crippen LogP contribution in [-0.2, 0) is 0 Å². The van der Waals surface area contributed by atoms with Crippen molar-refractivity contribution in [2.45, 2.75) is 0 Å². The van der Waals surface area contributed by atoms with Crippen molar-refractivity contribution in [3.05, 3.63) is 60.6 Å². The zero-order valence-electron chi connectivity index (χ0n) is 11.5. The lowest BCUT2D eigenvalue weighted by molar-refractivity contribution is 0.112. The number of benzene rings is 2. The van der Waals surface area contributed by atoms with Crippen LogP contribution in [0, 0.1) is 0 Å². The SMILES string of the molecule is O=Cc1cccc2cc(Oc3ncnc4[nH]ccc34)ccc12. The predicted octanol–water partition coefficient (Wildman–Crippen LogP) is 3.72. The highest BCUT2D eigenvalue weighted by atomic mass is 16.5. The number of fused-ring (bicyclic) bond motifs is 2. The van der Waals surface area contributed by atoms with Gasteiger partial charge in [0.25, 0.3) is 0 Å². The average molecular weight is 289 g/mol. The Bertz CT molecular complexity index is 991. The molecule has 0 atom stereocenters. The molecule has 0 saturated carbocycles. The minimum absolute atomic E-state index is 0.497. The summed E-state index contributed by atoms with van der Waals surface area (Å²) in [6.07, 6.45) is 4.11. The van der Waals surface area contributed by atoms with E-state index in [-0.39, 0.29) is 0 Å². The van der Waals surface area contributed by atoms with E-state index in [2.05, 4.69) is 15.0 Å². The molecule has 5 heteroatoms. The molecule has 0 aliphatic carbocycles. The van der Waals surface area contributed by atoms with Crippen molar-refractivity contribution in [1.29, 1.82) is 0 Å². The number of rotatable bonds is 3. The maximum atomic E-state index is 11.1. The molecule has 0 aliphatic heterocycles. The number of aldehydes is 1. The number of carbonyl (C=O) groups excluding carboxylic acids is 1. The monoisotopic (exact) mass is 289 g/mol. The zero-order valence-corrected chi connectivity index (χ0v) is 11.5. The van der Waals surface area contributed by atoms with Crippen molar-refractivity contribution in [2.24, 2.45) is 0 Å². The first-order chi connectivity index (χ1) is 10.8. The molecular weight excluding hydrogens is 278 g/mol. The Morgan fingerprint density at radius 1 is 1.05 bits per heavy atom. The first-order valence-corrected chi connectivity index (χ1v) is 6.79. The molecule has 0 saturated heterocycles. The van der Waals surface area contributed by atoms with Crippen molar-refractivity contribution < 1.29 is 9.53 Å². The van der Waals surface area contributed by atoms with Crippen LogP contribution in [0.1, 0.15) is 10.4 Å². The van der Waals surface area contributed by atoms with Crippen molar-refractivity contribution in [2.75, 3.05) is 0 Å². The Kier molecular flexibility index (Phi) is 2.83. The number of nitrogens with zero attached hydrogens (tertiary/aromatic N) is 2. The van der Waals surface area contributed by atoms with Gasteiger partial charge in [0.1, 0.15) is 17.7 Å². The van der Waals surface area contributed by atoms with E-state index in [9.17, 15) is 4.79 Å². The Hall–Kier alpha value is -3.21. The average Bonchev–Trinajstić information content (AvgIpc) is 3.04. The van der Waals surface area contributed by atoms with Gasteiger partial charge in [-0.2, -0.15) is 0 Å². The second-order valence-corrected chi connectivity index (χ2v) is 4.87. The van der Waals surface area contributed by atoms with Crippen LogP contribution in [0.5, 0.6) is 11.6 Å². The summed E-state index contributed by atoms with van der Waals surface area (Å²) >= 11 is 0. The highest BCUT2D eigenvalue weighted by Gasteiger charge is 2.08. The predicted molar refractivity (Wildman–Crippen MR) is 83.3 cm³/mol. The van der Waals surface area contributed by atoms with E-state index in [1.165, 1.54) is 6.33 Å². The maximum absolute atomic E-state index is 11.1. The summed E-state index contributed by atoms with van der Waals surface area (Å²) in [6, 6.07) is 13.1. The van der Waals surface area contributed by atoms with Gasteiger partial charge in [-0.05, 0) is 35.0 Å². The molecule has 2 aromatic heterocycles. The number of hydrogen-bond donors (Lipinski definition) is 1. The van der Waals surface area contributed by atoms with Gasteiger partial charge in [-0.3, -0.25) is 4.79 Å². The van der Waals surface area contributed by atoms with Crippen LogP contribution in [0.2, 0.25) is 0 Å². The number of H-pyrrole nitrogens is 1. The van der Waals surface area contributed by atoms with E-state index in [1.54, 1.807) is 12.3 Å². The summed E-state index contributed by atoms with van der Waals surface area (Å²) < 4.78 is 5.87. The first kappa shape index (κ1) is 12.5. The van der Waals surface area contributed by atoms with E-state index in [0.29, 0.717) is 17.2 Å². The summed E-state index contributed by atoms with van der Waals surface area (Å²) in [5.74, 6) is 1.16. The van der Waals surface area contributed by atoms with E-state index in [0.717, 1.165) is 28.1 Å². The molecule has 0 spiro atoms. The molecule has 106 valence electrons. The molecule has 4 rings (SSSR count). The first-order valence-electron chi connectivity index (χ1n) is 6.79. The summed E-state index contributed by atoms with van der Waals surface area (Å²) in [7, 11) is 0. The zero-order chi connectivity index (χ0) is 14.9. The fourth-order valence-corrected chi connectivity index (χ4v) is 2.49. The number of aromatic amines is 1. The largest absolute Gasteiger partial charge is 0.438 e. The number of nitrogens with one attached hydrogen (secondary N) is 1. The van der Waals surface area contributed by atoms with Gasteiger partial charge in [0, 0.05) is 11.8 Å². The van der Waals surface area contributed by atoms with Gasteiger partial charge in [0.2, 0.25) is 5.88 Å². The van der Waals surface area contributed by atoms with E-state index >= 15 is 0 Å². The molecule has 2 heterocycles. The Morgan fingerprint density at radius 2 is 2.00 bits per heavy atom. The standard InChI is InChI=1S/C17H11N3O2/c21-9-12-3-1-2-11-8-13(4-5-14(11)12)22-17-15-6-7-18-16(15)19-10-20-17/h1-10H,(H,18,19,20). The molecule has 0 bridgehead atoms. The van der Waals surface area contributed by atoms with Gasteiger partial charge in [-0.1, -0.05) is 18.2 Å². The number of aromatic nitrogens is 3. The highest BCUT2D eigenvalue weighted by molar-refractivity contribution is 5.98. The van der Waals surface area contributed by atoms with Gasteiger partial charge in [-0.15, -0.1) is 0 Å². The minimum atomic E-state index is 0.497. The summed E-state index contributed by atoms with van der Waals surface area (Å²) in [4.78, 5) is 22.4. The molecular formula is C17H11N3O2. The smallest absolute Gasteiger partial charge is 0.231 e. The summed E-state index contributed by atoms with van der Waals surface area (Å²) in [6.45, 7) is 0. The Morgan fingerprint density at radius 3 is 2.91 bits per heavy atom. The quantitative estimate of drug-likeness (QED) is 0.584. The lowest BCUT2D eigenvalue weighted by Gasteiger charge is -2.07.